The van der Waals surface area contributed by atoms with E-state index in [-0.39, 0.29) is 5.91 Å². The Morgan fingerprint density at radius 1 is 1.53 bits per heavy atom. The lowest BCUT2D eigenvalue weighted by atomic mass is 10.1. The molecular weight excluding hydrogens is 282 g/mol. The van der Waals surface area contributed by atoms with E-state index >= 15 is 0 Å². The third-order valence-electron chi connectivity index (χ3n) is 2.60. The molecule has 0 radical (unpaired) electrons. The SMILES string of the molecule is CC(C)(N)C(=O)NCCc1nc2cc(Cl)ccc2s1. The first kappa shape index (κ1) is 14.2. The zero-order chi connectivity index (χ0) is 14.0. The van der Waals surface area contributed by atoms with Gasteiger partial charge in [0.25, 0.3) is 0 Å². The highest BCUT2D eigenvalue weighted by Crippen LogP contribution is 2.24. The minimum Gasteiger partial charge on any atom is -0.354 e. The zero-order valence-corrected chi connectivity index (χ0v) is 12.4. The highest BCUT2D eigenvalue weighted by Gasteiger charge is 2.21. The van der Waals surface area contributed by atoms with Crippen LogP contribution in [0.15, 0.2) is 18.2 Å². The Morgan fingerprint density at radius 3 is 2.95 bits per heavy atom. The van der Waals surface area contributed by atoms with Crippen LogP contribution in [0.1, 0.15) is 18.9 Å². The molecule has 0 unspecified atom stereocenters. The second-order valence-corrected chi connectivity index (χ2v) is 6.50. The van der Waals surface area contributed by atoms with Gasteiger partial charge in [-0.2, -0.15) is 0 Å². The lowest BCUT2D eigenvalue weighted by molar-refractivity contribution is -0.125. The lowest BCUT2D eigenvalue weighted by Gasteiger charge is -2.17. The van der Waals surface area contributed by atoms with Crippen molar-refractivity contribution in [3.63, 3.8) is 0 Å². The van der Waals surface area contributed by atoms with Gasteiger partial charge in [-0.1, -0.05) is 11.6 Å². The predicted octanol–water partition coefficient (Wildman–Crippen LogP) is 2.35. The van der Waals surface area contributed by atoms with Gasteiger partial charge in [-0.05, 0) is 32.0 Å². The zero-order valence-electron chi connectivity index (χ0n) is 10.9. The molecule has 0 fully saturated rings. The van der Waals surface area contributed by atoms with Crippen molar-refractivity contribution >= 4 is 39.1 Å². The van der Waals surface area contributed by atoms with Crippen molar-refractivity contribution in [1.29, 1.82) is 0 Å². The quantitative estimate of drug-likeness (QED) is 0.910. The van der Waals surface area contributed by atoms with Gasteiger partial charge in [-0.25, -0.2) is 4.98 Å². The van der Waals surface area contributed by atoms with Crippen molar-refractivity contribution in [2.75, 3.05) is 6.54 Å². The highest BCUT2D eigenvalue weighted by atomic mass is 35.5. The number of thiazole rings is 1. The predicted molar refractivity (Wildman–Crippen MR) is 79.6 cm³/mol. The maximum absolute atomic E-state index is 11.6. The highest BCUT2D eigenvalue weighted by molar-refractivity contribution is 7.18. The summed E-state index contributed by atoms with van der Waals surface area (Å²) < 4.78 is 1.10. The summed E-state index contributed by atoms with van der Waals surface area (Å²) in [7, 11) is 0. The molecule has 2 rings (SSSR count). The number of nitrogens with one attached hydrogen (secondary N) is 1. The number of aromatic nitrogens is 1. The molecule has 1 amide bonds. The van der Waals surface area contributed by atoms with Crippen LogP contribution in [0.5, 0.6) is 0 Å². The number of carbonyl (C=O) groups excluding carboxylic acids is 1. The Labute approximate surface area is 121 Å². The van der Waals surface area contributed by atoms with E-state index in [4.69, 9.17) is 17.3 Å². The van der Waals surface area contributed by atoms with Crippen LogP contribution in [0.25, 0.3) is 10.2 Å². The Bertz CT molecular complexity index is 603. The number of hydrogen-bond donors (Lipinski definition) is 2. The number of fused-ring (bicyclic) bond motifs is 1. The van der Waals surface area contributed by atoms with Crippen molar-refractivity contribution in [3.05, 3.63) is 28.2 Å². The van der Waals surface area contributed by atoms with Crippen molar-refractivity contribution in [2.45, 2.75) is 25.8 Å². The molecule has 0 aliphatic carbocycles. The molecule has 0 aliphatic heterocycles. The summed E-state index contributed by atoms with van der Waals surface area (Å²) in [5.41, 5.74) is 5.75. The van der Waals surface area contributed by atoms with E-state index in [2.05, 4.69) is 10.3 Å². The monoisotopic (exact) mass is 297 g/mol. The molecule has 0 saturated heterocycles. The third kappa shape index (κ3) is 3.65. The standard InChI is InChI=1S/C13H16ClN3OS/c1-13(2,15)12(18)16-6-5-11-17-9-7-8(14)3-4-10(9)19-11/h3-4,7H,5-6,15H2,1-2H3,(H,16,18). The maximum Gasteiger partial charge on any atom is 0.239 e. The van der Waals surface area contributed by atoms with Crippen molar-refractivity contribution in [2.24, 2.45) is 5.73 Å². The van der Waals surface area contributed by atoms with Gasteiger partial charge in [0.05, 0.1) is 20.8 Å². The van der Waals surface area contributed by atoms with E-state index in [1.807, 2.05) is 18.2 Å². The first-order chi connectivity index (χ1) is 8.86. The molecule has 0 aliphatic rings. The Hall–Kier alpha value is -1.17. The summed E-state index contributed by atoms with van der Waals surface area (Å²) in [4.78, 5) is 16.1. The van der Waals surface area contributed by atoms with Crippen LogP contribution in [0.3, 0.4) is 0 Å². The van der Waals surface area contributed by atoms with Crippen LogP contribution in [0.2, 0.25) is 5.02 Å². The molecular formula is C13H16ClN3OS. The minimum absolute atomic E-state index is 0.156. The van der Waals surface area contributed by atoms with Crippen LogP contribution in [0.4, 0.5) is 0 Å². The van der Waals surface area contributed by atoms with Gasteiger partial charge in [0.1, 0.15) is 0 Å². The smallest absolute Gasteiger partial charge is 0.239 e. The van der Waals surface area contributed by atoms with E-state index in [1.54, 1.807) is 25.2 Å². The fourth-order valence-electron chi connectivity index (χ4n) is 1.57. The van der Waals surface area contributed by atoms with Crippen LogP contribution in [0, 0.1) is 0 Å². The second-order valence-electron chi connectivity index (χ2n) is 4.95. The number of nitrogens with two attached hydrogens (primary N) is 1. The Kier molecular flexibility index (Phi) is 4.08. The van der Waals surface area contributed by atoms with Gasteiger partial charge in [0.15, 0.2) is 0 Å². The number of benzene rings is 1. The molecule has 19 heavy (non-hydrogen) atoms. The third-order valence-corrected chi connectivity index (χ3v) is 3.93. The van der Waals surface area contributed by atoms with E-state index in [0.29, 0.717) is 18.0 Å². The summed E-state index contributed by atoms with van der Waals surface area (Å²) in [6, 6.07) is 5.66. The average Bonchev–Trinajstić information content (AvgIpc) is 2.69. The summed E-state index contributed by atoms with van der Waals surface area (Å²) >= 11 is 7.53. The van der Waals surface area contributed by atoms with Crippen LogP contribution >= 0.6 is 22.9 Å². The number of halogens is 1. The van der Waals surface area contributed by atoms with E-state index < -0.39 is 5.54 Å². The molecule has 2 aromatic rings. The molecule has 102 valence electrons. The molecule has 1 heterocycles. The number of rotatable bonds is 4. The Morgan fingerprint density at radius 2 is 2.26 bits per heavy atom. The molecule has 0 atom stereocenters. The topological polar surface area (TPSA) is 68.0 Å². The molecule has 1 aromatic carbocycles. The first-order valence-electron chi connectivity index (χ1n) is 5.98. The number of hydrogen-bond acceptors (Lipinski definition) is 4. The van der Waals surface area contributed by atoms with Gasteiger partial charge in [0.2, 0.25) is 5.91 Å². The normalized spacial score (nSPS) is 11.8. The van der Waals surface area contributed by atoms with Crippen molar-refractivity contribution in [3.8, 4) is 0 Å². The van der Waals surface area contributed by atoms with Gasteiger partial charge in [-0.15, -0.1) is 11.3 Å². The van der Waals surface area contributed by atoms with Crippen LogP contribution in [-0.4, -0.2) is 23.0 Å². The summed E-state index contributed by atoms with van der Waals surface area (Å²) in [6.45, 7) is 3.90. The van der Waals surface area contributed by atoms with E-state index in [1.165, 1.54) is 0 Å². The molecule has 3 N–H and O–H groups in total. The molecule has 0 spiro atoms. The lowest BCUT2D eigenvalue weighted by Crippen LogP contribution is -2.49. The maximum atomic E-state index is 11.6. The van der Waals surface area contributed by atoms with Gasteiger partial charge in [-0.3, -0.25) is 4.79 Å². The number of nitrogens with zero attached hydrogens (tertiary/aromatic N) is 1. The molecule has 0 saturated carbocycles. The number of amides is 1. The first-order valence-corrected chi connectivity index (χ1v) is 7.18. The molecule has 4 nitrogen and oxygen atoms in total. The van der Waals surface area contributed by atoms with Crippen molar-refractivity contribution < 1.29 is 4.79 Å². The van der Waals surface area contributed by atoms with E-state index in [0.717, 1.165) is 15.2 Å². The van der Waals surface area contributed by atoms with Gasteiger partial charge in [0, 0.05) is 18.0 Å². The second kappa shape index (κ2) is 5.45. The fourth-order valence-corrected chi connectivity index (χ4v) is 2.68. The summed E-state index contributed by atoms with van der Waals surface area (Å²) in [5.74, 6) is -0.156. The average molecular weight is 298 g/mol. The van der Waals surface area contributed by atoms with Gasteiger partial charge < -0.3 is 11.1 Å². The summed E-state index contributed by atoms with van der Waals surface area (Å²) in [6.07, 6.45) is 0.693. The van der Waals surface area contributed by atoms with Crippen molar-refractivity contribution in [1.82, 2.24) is 10.3 Å². The molecule has 1 aromatic heterocycles. The molecule has 0 bridgehead atoms. The molecule has 6 heteroatoms. The van der Waals surface area contributed by atoms with E-state index in [9.17, 15) is 4.79 Å². The van der Waals surface area contributed by atoms with Gasteiger partial charge >= 0.3 is 0 Å². The minimum atomic E-state index is -0.846. The summed E-state index contributed by atoms with van der Waals surface area (Å²) in [5, 5.41) is 4.47. The largest absolute Gasteiger partial charge is 0.354 e. The van der Waals surface area contributed by atoms with Crippen LogP contribution < -0.4 is 11.1 Å². The fraction of sp³-hybridized carbons (Fsp3) is 0.385. The number of carbonyl (C=O) groups is 1. The van der Waals surface area contributed by atoms with Crippen LogP contribution in [-0.2, 0) is 11.2 Å². The Balaban J connectivity index is 1.97.